The molecule has 1 aliphatic heterocycles. The average molecular weight is 429 g/mol. The van der Waals surface area contributed by atoms with Crippen molar-refractivity contribution in [2.75, 3.05) is 20.3 Å². The molecule has 1 heterocycles. The number of amides is 2. The topological polar surface area (TPSA) is 67.9 Å². The van der Waals surface area contributed by atoms with Gasteiger partial charge in [-0.25, -0.2) is 9.59 Å². The number of esters is 1. The van der Waals surface area contributed by atoms with Gasteiger partial charge in [-0.15, -0.1) is 0 Å². The van der Waals surface area contributed by atoms with Crippen LogP contribution in [0.2, 0.25) is 5.02 Å². The van der Waals surface area contributed by atoms with E-state index in [1.54, 1.807) is 32.2 Å². The van der Waals surface area contributed by atoms with E-state index in [-0.39, 0.29) is 19.2 Å². The highest BCUT2D eigenvalue weighted by Crippen LogP contribution is 2.32. The summed E-state index contributed by atoms with van der Waals surface area (Å²) in [6, 6.07) is 11.8. The lowest BCUT2D eigenvalue weighted by atomic mass is 9.95. The summed E-state index contributed by atoms with van der Waals surface area (Å²) in [4.78, 5) is 26.9. The molecule has 3 rings (SSSR count). The third kappa shape index (κ3) is 4.60. The molecule has 6 nitrogen and oxygen atoms in total. The van der Waals surface area contributed by atoms with Crippen LogP contribution in [0.3, 0.4) is 0 Å². The molecule has 1 unspecified atom stereocenters. The first kappa shape index (κ1) is 21.7. The second kappa shape index (κ2) is 9.22. The Kier molecular flexibility index (Phi) is 6.67. The van der Waals surface area contributed by atoms with Gasteiger partial charge in [0.05, 0.1) is 23.9 Å². The van der Waals surface area contributed by atoms with E-state index >= 15 is 0 Å². The van der Waals surface area contributed by atoms with Crippen molar-refractivity contribution in [3.05, 3.63) is 75.4 Å². The van der Waals surface area contributed by atoms with Crippen LogP contribution in [0.15, 0.2) is 53.7 Å². The lowest BCUT2D eigenvalue weighted by Crippen LogP contribution is -2.48. The molecule has 1 aliphatic rings. The van der Waals surface area contributed by atoms with Crippen LogP contribution in [-0.4, -0.2) is 37.2 Å². The van der Waals surface area contributed by atoms with Gasteiger partial charge in [0.25, 0.3) is 0 Å². The van der Waals surface area contributed by atoms with E-state index in [1.807, 2.05) is 38.1 Å². The highest BCUT2D eigenvalue weighted by Gasteiger charge is 2.37. The summed E-state index contributed by atoms with van der Waals surface area (Å²) in [5, 5.41) is 3.37. The van der Waals surface area contributed by atoms with Crippen LogP contribution in [0, 0.1) is 13.8 Å². The summed E-state index contributed by atoms with van der Waals surface area (Å²) < 4.78 is 11.3. The molecule has 0 spiro atoms. The van der Waals surface area contributed by atoms with Gasteiger partial charge < -0.3 is 14.8 Å². The maximum atomic E-state index is 12.9. The Morgan fingerprint density at radius 3 is 2.60 bits per heavy atom. The van der Waals surface area contributed by atoms with Gasteiger partial charge >= 0.3 is 12.0 Å². The number of rotatable bonds is 6. The van der Waals surface area contributed by atoms with Crippen molar-refractivity contribution >= 4 is 23.6 Å². The second-order valence-corrected chi connectivity index (χ2v) is 7.55. The van der Waals surface area contributed by atoms with Crippen molar-refractivity contribution in [2.45, 2.75) is 26.8 Å². The number of aryl methyl sites for hydroxylation is 2. The van der Waals surface area contributed by atoms with Crippen molar-refractivity contribution in [2.24, 2.45) is 0 Å². The molecule has 0 fully saturated rings. The molecule has 0 bridgehead atoms. The predicted molar refractivity (Wildman–Crippen MR) is 116 cm³/mol. The fourth-order valence-corrected chi connectivity index (χ4v) is 3.47. The van der Waals surface area contributed by atoms with E-state index in [0.29, 0.717) is 27.6 Å². The number of hydrogen-bond acceptors (Lipinski definition) is 4. The monoisotopic (exact) mass is 428 g/mol. The van der Waals surface area contributed by atoms with Gasteiger partial charge in [0, 0.05) is 12.1 Å². The van der Waals surface area contributed by atoms with Crippen LogP contribution < -0.4 is 10.1 Å². The molecular formula is C23H25ClN2O4. The lowest BCUT2D eigenvalue weighted by Gasteiger charge is -2.34. The fourth-order valence-electron chi connectivity index (χ4n) is 3.27. The molecule has 2 aromatic carbocycles. The number of benzene rings is 2. The highest BCUT2D eigenvalue weighted by atomic mass is 35.5. The summed E-state index contributed by atoms with van der Waals surface area (Å²) in [5.41, 5.74) is 3.71. The van der Waals surface area contributed by atoms with Gasteiger partial charge in [-0.05, 0) is 61.7 Å². The Labute approximate surface area is 181 Å². The zero-order valence-corrected chi connectivity index (χ0v) is 18.2. The molecule has 1 N–H and O–H groups in total. The number of hydrogen-bond donors (Lipinski definition) is 1. The van der Waals surface area contributed by atoms with Gasteiger partial charge in [0.15, 0.2) is 0 Å². The first-order chi connectivity index (χ1) is 14.3. The number of carbonyl (C=O) groups is 2. The van der Waals surface area contributed by atoms with E-state index in [4.69, 9.17) is 21.1 Å². The summed E-state index contributed by atoms with van der Waals surface area (Å²) in [7, 11) is 1.60. The molecule has 2 aromatic rings. The minimum absolute atomic E-state index is 0.0393. The SMILES string of the molecule is CCOC(=O)C1=C(COc2ccc(C)c(C)c2)N(C)C(=O)NC1c1cccc(Cl)c1. The number of carbonyl (C=O) groups excluding carboxylic acids is 2. The van der Waals surface area contributed by atoms with Gasteiger partial charge in [-0.3, -0.25) is 4.90 Å². The Balaban J connectivity index is 2.03. The molecule has 0 saturated carbocycles. The average Bonchev–Trinajstić information content (AvgIpc) is 2.71. The number of urea groups is 1. The Hall–Kier alpha value is -2.99. The minimum atomic E-state index is -0.690. The molecule has 30 heavy (non-hydrogen) atoms. The van der Waals surface area contributed by atoms with E-state index in [2.05, 4.69) is 5.32 Å². The zero-order chi connectivity index (χ0) is 21.8. The number of ether oxygens (including phenoxy) is 2. The molecule has 0 aliphatic carbocycles. The fraction of sp³-hybridized carbons (Fsp3) is 0.304. The minimum Gasteiger partial charge on any atom is -0.487 e. The highest BCUT2D eigenvalue weighted by molar-refractivity contribution is 6.30. The molecule has 2 amide bonds. The van der Waals surface area contributed by atoms with Crippen LogP contribution in [0.25, 0.3) is 0 Å². The van der Waals surface area contributed by atoms with Crippen LogP contribution in [-0.2, 0) is 9.53 Å². The molecule has 7 heteroatoms. The van der Waals surface area contributed by atoms with E-state index in [0.717, 1.165) is 11.1 Å². The van der Waals surface area contributed by atoms with Gasteiger partial charge in [0.1, 0.15) is 12.4 Å². The van der Waals surface area contributed by atoms with Crippen molar-refractivity contribution in [1.82, 2.24) is 10.2 Å². The number of nitrogens with zero attached hydrogens (tertiary/aromatic N) is 1. The van der Waals surface area contributed by atoms with Crippen molar-refractivity contribution in [3.8, 4) is 5.75 Å². The van der Waals surface area contributed by atoms with Crippen LogP contribution in [0.1, 0.15) is 29.7 Å². The van der Waals surface area contributed by atoms with Crippen LogP contribution in [0.5, 0.6) is 5.75 Å². The third-order valence-corrected chi connectivity index (χ3v) is 5.34. The van der Waals surface area contributed by atoms with Gasteiger partial charge in [-0.1, -0.05) is 29.8 Å². The van der Waals surface area contributed by atoms with Crippen molar-refractivity contribution in [3.63, 3.8) is 0 Å². The van der Waals surface area contributed by atoms with Gasteiger partial charge in [0.2, 0.25) is 0 Å². The molecule has 0 radical (unpaired) electrons. The van der Waals surface area contributed by atoms with E-state index < -0.39 is 12.0 Å². The van der Waals surface area contributed by atoms with Crippen molar-refractivity contribution < 1.29 is 19.1 Å². The largest absolute Gasteiger partial charge is 0.487 e. The number of halogens is 1. The summed E-state index contributed by atoms with van der Waals surface area (Å²) in [5.74, 6) is 0.153. The zero-order valence-electron chi connectivity index (χ0n) is 17.5. The molecule has 1 atom stereocenters. The summed E-state index contributed by atoms with van der Waals surface area (Å²) in [6.07, 6.45) is 0. The maximum absolute atomic E-state index is 12.9. The summed E-state index contributed by atoms with van der Waals surface area (Å²) in [6.45, 7) is 6.02. The third-order valence-electron chi connectivity index (χ3n) is 5.11. The number of likely N-dealkylation sites (N-methyl/N-ethyl adjacent to an activating group) is 1. The predicted octanol–water partition coefficient (Wildman–Crippen LogP) is 4.55. The van der Waals surface area contributed by atoms with Crippen molar-refractivity contribution in [1.29, 1.82) is 0 Å². The van der Waals surface area contributed by atoms with Crippen LogP contribution >= 0.6 is 11.6 Å². The Morgan fingerprint density at radius 1 is 1.17 bits per heavy atom. The van der Waals surface area contributed by atoms with Crippen LogP contribution in [0.4, 0.5) is 4.79 Å². The molecule has 158 valence electrons. The van der Waals surface area contributed by atoms with E-state index in [9.17, 15) is 9.59 Å². The summed E-state index contributed by atoms with van der Waals surface area (Å²) >= 11 is 6.14. The molecule has 0 aromatic heterocycles. The Morgan fingerprint density at radius 2 is 1.93 bits per heavy atom. The molecular weight excluding hydrogens is 404 g/mol. The second-order valence-electron chi connectivity index (χ2n) is 7.11. The number of nitrogens with one attached hydrogen (secondary N) is 1. The maximum Gasteiger partial charge on any atom is 0.338 e. The first-order valence-corrected chi connectivity index (χ1v) is 10.1. The smallest absolute Gasteiger partial charge is 0.338 e. The quantitative estimate of drug-likeness (QED) is 0.685. The standard InChI is InChI=1S/C23H25ClN2O4/c1-5-29-22(27)20-19(13-30-18-10-9-14(2)15(3)11-18)26(4)23(28)25-21(20)16-7-6-8-17(24)12-16/h6-12,21H,5,13H2,1-4H3,(H,25,28). The van der Waals surface area contributed by atoms with E-state index in [1.165, 1.54) is 4.90 Å². The molecule has 0 saturated heterocycles. The lowest BCUT2D eigenvalue weighted by molar-refractivity contribution is -0.139. The Bertz CT molecular complexity index is 1000. The van der Waals surface area contributed by atoms with Gasteiger partial charge in [-0.2, -0.15) is 0 Å². The normalized spacial score (nSPS) is 16.4. The first-order valence-electron chi connectivity index (χ1n) is 9.71.